The number of aryl methyl sites for hydroxylation is 1. The molecule has 1 atom stereocenters. The zero-order valence-electron chi connectivity index (χ0n) is 17.5. The van der Waals surface area contributed by atoms with Gasteiger partial charge in [-0.05, 0) is 30.2 Å². The minimum absolute atomic E-state index is 0.134. The average Bonchev–Trinajstić information content (AvgIpc) is 3.23. The maximum atomic E-state index is 13.7. The predicted octanol–water partition coefficient (Wildman–Crippen LogP) is 5.67. The van der Waals surface area contributed by atoms with Crippen LogP contribution in [-0.4, -0.2) is 25.0 Å². The Balaban J connectivity index is 1.78. The molecule has 1 aromatic heterocycles. The van der Waals surface area contributed by atoms with Crippen LogP contribution in [0.3, 0.4) is 0 Å². The summed E-state index contributed by atoms with van der Waals surface area (Å²) in [5.41, 5.74) is 3.84. The number of anilines is 1. The van der Waals surface area contributed by atoms with Gasteiger partial charge in [-0.2, -0.15) is 0 Å². The first kappa shape index (κ1) is 20.5. The molecule has 1 unspecified atom stereocenters. The lowest BCUT2D eigenvalue weighted by atomic mass is 9.96. The van der Waals surface area contributed by atoms with Gasteiger partial charge in [0.05, 0.1) is 14.2 Å². The highest BCUT2D eigenvalue weighted by Crippen LogP contribution is 2.32. The van der Waals surface area contributed by atoms with E-state index >= 15 is 0 Å². The van der Waals surface area contributed by atoms with Crippen LogP contribution in [0.1, 0.15) is 27.5 Å². The number of Topliss-reactive ketones (excluding diaryl/α,β-unsaturated/α-hetero) is 1. The van der Waals surface area contributed by atoms with Gasteiger partial charge in [0.2, 0.25) is 0 Å². The molecule has 0 amide bonds. The normalized spacial score (nSPS) is 11.9. The van der Waals surface area contributed by atoms with E-state index in [2.05, 4.69) is 10.3 Å². The lowest BCUT2D eigenvalue weighted by Gasteiger charge is -2.20. The Bertz CT molecular complexity index is 1210. The number of H-pyrrole nitrogens is 1. The smallest absolute Gasteiger partial charge is 0.191 e. The van der Waals surface area contributed by atoms with Crippen molar-refractivity contribution in [2.45, 2.75) is 13.0 Å². The summed E-state index contributed by atoms with van der Waals surface area (Å²) in [6, 6.07) is 16.3. The van der Waals surface area contributed by atoms with Gasteiger partial charge < -0.3 is 19.8 Å². The van der Waals surface area contributed by atoms with E-state index in [9.17, 15) is 9.18 Å². The van der Waals surface area contributed by atoms with Gasteiger partial charge in [0, 0.05) is 46.5 Å². The Kier molecular flexibility index (Phi) is 5.62. The van der Waals surface area contributed by atoms with Crippen molar-refractivity contribution in [1.29, 1.82) is 0 Å². The number of ketones is 1. The number of rotatable bonds is 7. The van der Waals surface area contributed by atoms with Crippen LogP contribution in [0.2, 0.25) is 0 Å². The molecule has 0 radical (unpaired) electrons. The van der Waals surface area contributed by atoms with Gasteiger partial charge in [0.25, 0.3) is 0 Å². The van der Waals surface area contributed by atoms with Gasteiger partial charge in [-0.25, -0.2) is 4.39 Å². The molecular formula is C25H23FN2O3. The zero-order valence-corrected chi connectivity index (χ0v) is 17.5. The van der Waals surface area contributed by atoms with Gasteiger partial charge in [0.1, 0.15) is 23.4 Å². The fourth-order valence-electron chi connectivity index (χ4n) is 3.68. The van der Waals surface area contributed by atoms with E-state index in [0.717, 1.165) is 16.5 Å². The van der Waals surface area contributed by atoms with E-state index in [4.69, 9.17) is 9.47 Å². The molecule has 0 bridgehead atoms. The summed E-state index contributed by atoms with van der Waals surface area (Å²) in [6.07, 6.45) is 1.73. The molecule has 3 aromatic carbocycles. The number of hydrogen-bond donors (Lipinski definition) is 2. The number of hydrogen-bond acceptors (Lipinski definition) is 4. The number of aromatic nitrogens is 1. The van der Waals surface area contributed by atoms with Gasteiger partial charge >= 0.3 is 0 Å². The summed E-state index contributed by atoms with van der Waals surface area (Å²) in [6.45, 7) is 1.99. The highest BCUT2D eigenvalue weighted by atomic mass is 19.1. The Hall–Kier alpha value is -3.80. The summed E-state index contributed by atoms with van der Waals surface area (Å²) in [5, 5.41) is 4.13. The number of aromatic amines is 1. The summed E-state index contributed by atoms with van der Waals surface area (Å²) < 4.78 is 24.2. The van der Waals surface area contributed by atoms with E-state index in [1.807, 2.05) is 25.1 Å². The Morgan fingerprint density at radius 3 is 2.32 bits per heavy atom. The molecule has 2 N–H and O–H groups in total. The van der Waals surface area contributed by atoms with E-state index in [1.54, 1.807) is 50.7 Å². The van der Waals surface area contributed by atoms with Crippen LogP contribution in [-0.2, 0) is 0 Å². The van der Waals surface area contributed by atoms with Gasteiger partial charge in [-0.3, -0.25) is 4.79 Å². The number of para-hydroxylation sites is 1. The summed E-state index contributed by atoms with van der Waals surface area (Å²) in [5.74, 6) is 0.690. The van der Waals surface area contributed by atoms with Crippen molar-refractivity contribution in [3.8, 4) is 11.5 Å². The van der Waals surface area contributed by atoms with Crippen molar-refractivity contribution in [3.63, 3.8) is 0 Å². The first-order valence-corrected chi connectivity index (χ1v) is 9.86. The van der Waals surface area contributed by atoms with E-state index < -0.39 is 6.04 Å². The topological polar surface area (TPSA) is 63.3 Å². The van der Waals surface area contributed by atoms with Crippen LogP contribution in [0.25, 0.3) is 10.9 Å². The third-order valence-electron chi connectivity index (χ3n) is 5.32. The molecule has 0 aliphatic carbocycles. The Labute approximate surface area is 179 Å². The molecule has 0 saturated heterocycles. The van der Waals surface area contributed by atoms with Crippen molar-refractivity contribution in [3.05, 3.63) is 89.4 Å². The zero-order chi connectivity index (χ0) is 22.0. The van der Waals surface area contributed by atoms with Gasteiger partial charge in [0.15, 0.2) is 5.78 Å². The predicted molar refractivity (Wildman–Crippen MR) is 120 cm³/mol. The van der Waals surface area contributed by atoms with Crippen LogP contribution >= 0.6 is 0 Å². The highest BCUT2D eigenvalue weighted by Gasteiger charge is 2.25. The highest BCUT2D eigenvalue weighted by molar-refractivity contribution is 6.11. The van der Waals surface area contributed by atoms with E-state index in [-0.39, 0.29) is 11.6 Å². The summed E-state index contributed by atoms with van der Waals surface area (Å²) in [7, 11) is 3.13. The fraction of sp³-hybridized carbons (Fsp3) is 0.160. The lowest BCUT2D eigenvalue weighted by molar-refractivity contribution is 0.0971. The molecule has 0 aliphatic heterocycles. The van der Waals surface area contributed by atoms with Crippen molar-refractivity contribution in [1.82, 2.24) is 4.98 Å². The number of nitrogens with one attached hydrogen (secondary N) is 2. The number of halogens is 1. The SMILES string of the molecule is COc1cc(NC(C(=O)c2c[nH]c3c(C)cccc23)c2ccc(F)cc2)cc(OC)c1. The number of carbonyl (C=O) groups is 1. The van der Waals surface area contributed by atoms with Crippen molar-refractivity contribution >= 4 is 22.4 Å². The third kappa shape index (κ3) is 4.10. The Morgan fingerprint density at radius 1 is 1.00 bits per heavy atom. The summed E-state index contributed by atoms with van der Waals surface area (Å²) >= 11 is 0. The van der Waals surface area contributed by atoms with Crippen LogP contribution in [0.5, 0.6) is 11.5 Å². The molecule has 158 valence electrons. The molecule has 0 fully saturated rings. The second kappa shape index (κ2) is 8.52. The molecule has 4 rings (SSSR count). The summed E-state index contributed by atoms with van der Waals surface area (Å²) in [4.78, 5) is 16.9. The van der Waals surface area contributed by atoms with Crippen LogP contribution in [0, 0.1) is 12.7 Å². The standard InChI is InChI=1S/C25H23FN2O3/c1-15-5-4-6-21-22(14-27-23(15)21)25(29)24(16-7-9-17(26)10-8-16)28-18-11-19(30-2)13-20(12-18)31-3/h4-14,24,27-28H,1-3H3. The van der Waals surface area contributed by atoms with E-state index in [0.29, 0.717) is 28.3 Å². The van der Waals surface area contributed by atoms with Crippen LogP contribution in [0.4, 0.5) is 10.1 Å². The second-order valence-corrected chi connectivity index (χ2v) is 7.29. The largest absolute Gasteiger partial charge is 0.497 e. The maximum absolute atomic E-state index is 13.7. The first-order chi connectivity index (χ1) is 15.0. The Morgan fingerprint density at radius 2 is 1.68 bits per heavy atom. The molecule has 0 spiro atoms. The number of fused-ring (bicyclic) bond motifs is 1. The molecule has 5 nitrogen and oxygen atoms in total. The van der Waals surface area contributed by atoms with Crippen molar-refractivity contribution in [2.24, 2.45) is 0 Å². The molecule has 0 saturated carbocycles. The monoisotopic (exact) mass is 418 g/mol. The van der Waals surface area contributed by atoms with Gasteiger partial charge in [-0.1, -0.05) is 30.3 Å². The lowest BCUT2D eigenvalue weighted by Crippen LogP contribution is -2.21. The minimum Gasteiger partial charge on any atom is -0.497 e. The third-order valence-corrected chi connectivity index (χ3v) is 5.32. The van der Waals surface area contributed by atoms with Crippen molar-refractivity contribution < 1.29 is 18.7 Å². The maximum Gasteiger partial charge on any atom is 0.191 e. The fourth-order valence-corrected chi connectivity index (χ4v) is 3.68. The number of ether oxygens (including phenoxy) is 2. The molecule has 1 heterocycles. The van der Waals surface area contributed by atoms with Crippen molar-refractivity contribution in [2.75, 3.05) is 19.5 Å². The average molecular weight is 418 g/mol. The molecule has 6 heteroatoms. The minimum atomic E-state index is -0.739. The second-order valence-electron chi connectivity index (χ2n) is 7.29. The molecule has 0 aliphatic rings. The van der Waals surface area contributed by atoms with Crippen LogP contribution < -0.4 is 14.8 Å². The van der Waals surface area contributed by atoms with E-state index in [1.165, 1.54) is 12.1 Å². The number of methoxy groups -OCH3 is 2. The first-order valence-electron chi connectivity index (χ1n) is 9.86. The van der Waals surface area contributed by atoms with Gasteiger partial charge in [-0.15, -0.1) is 0 Å². The quantitative estimate of drug-likeness (QED) is 0.380. The number of benzene rings is 3. The molecular weight excluding hydrogens is 395 g/mol. The number of carbonyl (C=O) groups excluding carboxylic acids is 1. The molecule has 4 aromatic rings. The molecule has 31 heavy (non-hydrogen) atoms. The van der Waals surface area contributed by atoms with Crippen LogP contribution in [0.15, 0.2) is 66.9 Å².